The number of likely N-dealkylation sites (N-methyl/N-ethyl adjacent to an activating group) is 1. The van der Waals surface area contributed by atoms with E-state index < -0.39 is 6.04 Å². The zero-order valence-electron chi connectivity index (χ0n) is 12.9. The van der Waals surface area contributed by atoms with Gasteiger partial charge in [0.05, 0.1) is 16.5 Å². The van der Waals surface area contributed by atoms with Crippen molar-refractivity contribution in [1.29, 1.82) is 5.26 Å². The van der Waals surface area contributed by atoms with Gasteiger partial charge in [0.2, 0.25) is 5.91 Å². The number of carbonyl (C=O) groups is 2. The van der Waals surface area contributed by atoms with Crippen molar-refractivity contribution < 1.29 is 9.59 Å². The summed E-state index contributed by atoms with van der Waals surface area (Å²) >= 11 is 1.34. The number of nitriles is 1. The number of benzene rings is 1. The van der Waals surface area contributed by atoms with E-state index >= 15 is 0 Å². The molecule has 0 aliphatic carbocycles. The molecule has 0 saturated carbocycles. The largest absolute Gasteiger partial charge is 0.340 e. The summed E-state index contributed by atoms with van der Waals surface area (Å²) in [6, 6.07) is 12.0. The second-order valence-electron chi connectivity index (χ2n) is 5.18. The smallest absolute Gasteiger partial charge is 0.261 e. The van der Waals surface area contributed by atoms with E-state index in [1.54, 1.807) is 43.1 Å². The maximum absolute atomic E-state index is 12.3. The molecule has 0 saturated heterocycles. The summed E-state index contributed by atoms with van der Waals surface area (Å²) in [5.41, 5.74) is 1.51. The van der Waals surface area contributed by atoms with Gasteiger partial charge in [-0.3, -0.25) is 9.59 Å². The van der Waals surface area contributed by atoms with Crippen molar-refractivity contribution in [2.24, 2.45) is 0 Å². The van der Waals surface area contributed by atoms with Crippen LogP contribution >= 0.6 is 11.3 Å². The first kappa shape index (κ1) is 16.7. The number of nitrogens with one attached hydrogen (secondary N) is 1. The van der Waals surface area contributed by atoms with Crippen molar-refractivity contribution >= 4 is 23.2 Å². The minimum Gasteiger partial charge on any atom is -0.340 e. The molecule has 118 valence electrons. The highest BCUT2D eigenvalue weighted by atomic mass is 32.1. The molecular weight excluding hydrogens is 310 g/mol. The molecule has 5 nitrogen and oxygen atoms in total. The van der Waals surface area contributed by atoms with Gasteiger partial charge in [0.25, 0.3) is 5.91 Å². The van der Waals surface area contributed by atoms with Crippen molar-refractivity contribution in [1.82, 2.24) is 10.2 Å². The molecule has 0 aliphatic rings. The van der Waals surface area contributed by atoms with Crippen molar-refractivity contribution in [2.75, 3.05) is 7.05 Å². The molecule has 0 bridgehead atoms. The summed E-state index contributed by atoms with van der Waals surface area (Å²) < 4.78 is 0. The first-order chi connectivity index (χ1) is 11.0. The molecule has 6 heteroatoms. The average Bonchev–Trinajstić information content (AvgIpc) is 3.09. The van der Waals surface area contributed by atoms with E-state index in [1.165, 1.54) is 11.3 Å². The minimum atomic E-state index is -0.604. The topological polar surface area (TPSA) is 73.2 Å². The van der Waals surface area contributed by atoms with Crippen molar-refractivity contribution in [3.63, 3.8) is 0 Å². The maximum Gasteiger partial charge on any atom is 0.261 e. The predicted molar refractivity (Wildman–Crippen MR) is 88.9 cm³/mol. The van der Waals surface area contributed by atoms with E-state index in [4.69, 9.17) is 5.26 Å². The van der Waals surface area contributed by atoms with Gasteiger partial charge in [-0.05, 0) is 36.1 Å². The lowest BCUT2D eigenvalue weighted by atomic mass is 10.1. The average molecular weight is 327 g/mol. The Labute approximate surface area is 139 Å². The van der Waals surface area contributed by atoms with Crippen LogP contribution in [0.4, 0.5) is 0 Å². The van der Waals surface area contributed by atoms with Gasteiger partial charge in [0.1, 0.15) is 6.04 Å². The lowest BCUT2D eigenvalue weighted by Gasteiger charge is -2.22. The SMILES string of the molecule is CC(NC(=O)c1cccs1)C(=O)N(C)Cc1ccc(C#N)cc1. The van der Waals surface area contributed by atoms with Gasteiger partial charge in [0, 0.05) is 13.6 Å². The zero-order valence-corrected chi connectivity index (χ0v) is 13.8. The molecule has 0 radical (unpaired) electrons. The molecule has 0 fully saturated rings. The van der Waals surface area contributed by atoms with E-state index in [-0.39, 0.29) is 11.8 Å². The second-order valence-corrected chi connectivity index (χ2v) is 6.12. The van der Waals surface area contributed by atoms with Gasteiger partial charge >= 0.3 is 0 Å². The van der Waals surface area contributed by atoms with Crippen LogP contribution in [-0.2, 0) is 11.3 Å². The number of nitrogens with zero attached hydrogens (tertiary/aromatic N) is 2. The van der Waals surface area contributed by atoms with E-state index in [1.807, 2.05) is 17.5 Å². The zero-order chi connectivity index (χ0) is 16.8. The molecule has 1 N–H and O–H groups in total. The normalized spacial score (nSPS) is 11.3. The Bertz CT molecular complexity index is 717. The fourth-order valence-electron chi connectivity index (χ4n) is 2.10. The Balaban J connectivity index is 1.92. The van der Waals surface area contributed by atoms with Crippen LogP contribution in [0.15, 0.2) is 41.8 Å². The number of amides is 2. The minimum absolute atomic E-state index is 0.167. The molecule has 2 amide bonds. The van der Waals surface area contributed by atoms with Crippen LogP contribution in [0.25, 0.3) is 0 Å². The third kappa shape index (κ3) is 4.41. The van der Waals surface area contributed by atoms with Gasteiger partial charge in [-0.1, -0.05) is 18.2 Å². The fourth-order valence-corrected chi connectivity index (χ4v) is 2.73. The maximum atomic E-state index is 12.3. The van der Waals surface area contributed by atoms with Crippen LogP contribution in [0, 0.1) is 11.3 Å². The summed E-state index contributed by atoms with van der Waals surface area (Å²) in [6.07, 6.45) is 0. The number of carbonyl (C=O) groups excluding carboxylic acids is 2. The summed E-state index contributed by atoms with van der Waals surface area (Å²) in [4.78, 5) is 26.4. The Morgan fingerprint density at radius 1 is 1.30 bits per heavy atom. The number of hydrogen-bond donors (Lipinski definition) is 1. The highest BCUT2D eigenvalue weighted by Crippen LogP contribution is 2.10. The summed E-state index contributed by atoms with van der Waals surface area (Å²) in [5, 5.41) is 13.3. The molecule has 1 heterocycles. The number of rotatable bonds is 5. The van der Waals surface area contributed by atoms with Crippen LogP contribution in [0.1, 0.15) is 27.7 Å². The molecule has 2 aromatic rings. The lowest BCUT2D eigenvalue weighted by Crippen LogP contribution is -2.45. The molecule has 1 unspecified atom stereocenters. The fraction of sp³-hybridized carbons (Fsp3) is 0.235. The van der Waals surface area contributed by atoms with Crippen molar-refractivity contribution in [2.45, 2.75) is 19.5 Å². The van der Waals surface area contributed by atoms with Crippen LogP contribution in [0.3, 0.4) is 0 Å². The Hall–Kier alpha value is -2.65. The first-order valence-electron chi connectivity index (χ1n) is 7.09. The third-order valence-corrected chi connectivity index (χ3v) is 4.21. The molecule has 23 heavy (non-hydrogen) atoms. The Morgan fingerprint density at radius 3 is 2.57 bits per heavy atom. The summed E-state index contributed by atoms with van der Waals surface area (Å²) in [7, 11) is 1.69. The Morgan fingerprint density at radius 2 is 2.00 bits per heavy atom. The van der Waals surface area contributed by atoms with Crippen LogP contribution in [0.5, 0.6) is 0 Å². The standard InChI is InChI=1S/C17H17N3O2S/c1-12(19-16(21)15-4-3-9-23-15)17(22)20(2)11-14-7-5-13(10-18)6-8-14/h3-9,12H,11H2,1-2H3,(H,19,21). The van der Waals surface area contributed by atoms with E-state index in [0.29, 0.717) is 17.0 Å². The van der Waals surface area contributed by atoms with Gasteiger partial charge in [0.15, 0.2) is 0 Å². The van der Waals surface area contributed by atoms with Gasteiger partial charge in [-0.15, -0.1) is 11.3 Å². The highest BCUT2D eigenvalue weighted by molar-refractivity contribution is 7.12. The third-order valence-electron chi connectivity index (χ3n) is 3.34. The molecular formula is C17H17N3O2S. The summed E-state index contributed by atoms with van der Waals surface area (Å²) in [5.74, 6) is -0.410. The first-order valence-corrected chi connectivity index (χ1v) is 7.97. The quantitative estimate of drug-likeness (QED) is 0.916. The molecule has 1 aromatic heterocycles. The summed E-state index contributed by atoms with van der Waals surface area (Å²) in [6.45, 7) is 2.09. The van der Waals surface area contributed by atoms with Gasteiger partial charge in [-0.2, -0.15) is 5.26 Å². The molecule has 1 aromatic carbocycles. The second kappa shape index (κ2) is 7.56. The predicted octanol–water partition coefficient (Wildman–Crippen LogP) is 2.40. The Kier molecular flexibility index (Phi) is 5.50. The van der Waals surface area contributed by atoms with E-state index in [9.17, 15) is 9.59 Å². The highest BCUT2D eigenvalue weighted by Gasteiger charge is 2.20. The van der Waals surface area contributed by atoms with Crippen LogP contribution in [-0.4, -0.2) is 29.8 Å². The van der Waals surface area contributed by atoms with Crippen molar-refractivity contribution in [3.05, 3.63) is 57.8 Å². The lowest BCUT2D eigenvalue weighted by molar-refractivity contribution is -0.132. The molecule has 1 atom stereocenters. The van der Waals surface area contributed by atoms with Gasteiger partial charge < -0.3 is 10.2 Å². The van der Waals surface area contributed by atoms with E-state index in [2.05, 4.69) is 11.4 Å². The number of thiophene rings is 1. The van der Waals surface area contributed by atoms with Crippen molar-refractivity contribution in [3.8, 4) is 6.07 Å². The monoisotopic (exact) mass is 327 g/mol. The van der Waals surface area contributed by atoms with Crippen LogP contribution < -0.4 is 5.32 Å². The molecule has 2 rings (SSSR count). The number of hydrogen-bond acceptors (Lipinski definition) is 4. The molecule has 0 spiro atoms. The van der Waals surface area contributed by atoms with Gasteiger partial charge in [-0.25, -0.2) is 0 Å². The van der Waals surface area contributed by atoms with E-state index in [0.717, 1.165) is 5.56 Å². The van der Waals surface area contributed by atoms with Crippen LogP contribution in [0.2, 0.25) is 0 Å². The molecule has 0 aliphatic heterocycles.